The monoisotopic (exact) mass is 420 g/mol. The third-order valence-electron chi connectivity index (χ3n) is 4.39. The SMILES string of the molecule is Cc1ccc(SCCNC(=O)/C(=C/c2ccco2)NC(=O)c2ccccc2C)cc1. The molecule has 0 bridgehead atoms. The standard InChI is InChI=1S/C24H24N2O3S/c1-17-9-11-20(12-10-17)30-15-13-25-24(28)22(16-19-7-5-14-29-19)26-23(27)21-8-4-3-6-18(21)2/h3-12,14,16H,13,15H2,1-2H3,(H,25,28)(H,26,27)/b22-16-. The van der Waals surface area contributed by atoms with Crippen LogP contribution in [0.15, 0.2) is 81.9 Å². The van der Waals surface area contributed by atoms with Gasteiger partial charge in [0.05, 0.1) is 6.26 Å². The van der Waals surface area contributed by atoms with E-state index in [1.807, 2.05) is 26.0 Å². The third-order valence-corrected chi connectivity index (χ3v) is 5.40. The van der Waals surface area contributed by atoms with Crippen LogP contribution >= 0.6 is 11.8 Å². The second-order valence-electron chi connectivity index (χ2n) is 6.76. The molecule has 0 aliphatic rings. The van der Waals surface area contributed by atoms with Crippen LogP contribution < -0.4 is 10.6 Å². The third kappa shape index (κ3) is 6.12. The number of rotatable bonds is 8. The second kappa shape index (κ2) is 10.5. The van der Waals surface area contributed by atoms with E-state index in [9.17, 15) is 9.59 Å². The summed E-state index contributed by atoms with van der Waals surface area (Å²) in [6.07, 6.45) is 3.04. The lowest BCUT2D eigenvalue weighted by atomic mass is 10.1. The Morgan fingerprint density at radius 2 is 1.77 bits per heavy atom. The first-order chi connectivity index (χ1) is 14.5. The van der Waals surface area contributed by atoms with Crippen molar-refractivity contribution >= 4 is 29.7 Å². The maximum atomic E-state index is 12.7. The molecule has 5 nitrogen and oxygen atoms in total. The first-order valence-corrected chi connectivity index (χ1v) is 10.6. The first-order valence-electron chi connectivity index (χ1n) is 9.63. The predicted octanol–water partition coefficient (Wildman–Crippen LogP) is 4.58. The van der Waals surface area contributed by atoms with Gasteiger partial charge >= 0.3 is 0 Å². The Morgan fingerprint density at radius 3 is 2.47 bits per heavy atom. The zero-order valence-electron chi connectivity index (χ0n) is 17.0. The zero-order chi connectivity index (χ0) is 21.3. The van der Waals surface area contributed by atoms with Gasteiger partial charge < -0.3 is 15.1 Å². The molecular formula is C24H24N2O3S. The average Bonchev–Trinajstić information content (AvgIpc) is 3.25. The molecule has 3 aromatic rings. The number of aryl methyl sites for hydroxylation is 2. The van der Waals surface area contributed by atoms with Gasteiger partial charge in [-0.15, -0.1) is 11.8 Å². The summed E-state index contributed by atoms with van der Waals surface area (Å²) in [4.78, 5) is 26.6. The number of hydrogen-bond acceptors (Lipinski definition) is 4. The van der Waals surface area contributed by atoms with E-state index in [0.717, 1.165) is 10.5 Å². The van der Waals surface area contributed by atoms with E-state index in [4.69, 9.17) is 4.42 Å². The molecule has 3 rings (SSSR count). The largest absolute Gasteiger partial charge is 0.465 e. The normalized spacial score (nSPS) is 11.2. The Hall–Kier alpha value is -3.25. The van der Waals surface area contributed by atoms with Gasteiger partial charge in [0, 0.05) is 28.8 Å². The van der Waals surface area contributed by atoms with Gasteiger partial charge in [-0.3, -0.25) is 9.59 Å². The maximum Gasteiger partial charge on any atom is 0.267 e. The number of thioether (sulfide) groups is 1. The van der Waals surface area contributed by atoms with Crippen LogP contribution in [-0.2, 0) is 4.79 Å². The van der Waals surface area contributed by atoms with Crippen molar-refractivity contribution in [1.29, 1.82) is 0 Å². The zero-order valence-corrected chi connectivity index (χ0v) is 17.8. The highest BCUT2D eigenvalue weighted by Gasteiger charge is 2.16. The number of carbonyl (C=O) groups is 2. The van der Waals surface area contributed by atoms with Crippen molar-refractivity contribution in [2.45, 2.75) is 18.7 Å². The molecule has 2 N–H and O–H groups in total. The topological polar surface area (TPSA) is 71.3 Å². The van der Waals surface area contributed by atoms with E-state index in [1.54, 1.807) is 36.0 Å². The van der Waals surface area contributed by atoms with Gasteiger partial charge in [0.2, 0.25) is 0 Å². The lowest BCUT2D eigenvalue weighted by Crippen LogP contribution is -2.36. The predicted molar refractivity (Wildman–Crippen MR) is 120 cm³/mol. The molecule has 0 saturated heterocycles. The summed E-state index contributed by atoms with van der Waals surface area (Å²) in [7, 11) is 0. The molecule has 0 aliphatic heterocycles. The fraction of sp³-hybridized carbons (Fsp3) is 0.167. The van der Waals surface area contributed by atoms with E-state index < -0.39 is 0 Å². The van der Waals surface area contributed by atoms with Gasteiger partial charge in [-0.25, -0.2) is 0 Å². The summed E-state index contributed by atoms with van der Waals surface area (Å²) in [5, 5.41) is 5.58. The number of benzene rings is 2. The van der Waals surface area contributed by atoms with Crippen molar-refractivity contribution in [2.24, 2.45) is 0 Å². The van der Waals surface area contributed by atoms with Crippen LogP contribution in [0.5, 0.6) is 0 Å². The Morgan fingerprint density at radius 1 is 1.00 bits per heavy atom. The first kappa shape index (κ1) is 21.5. The molecule has 0 radical (unpaired) electrons. The van der Waals surface area contributed by atoms with Crippen molar-refractivity contribution in [3.63, 3.8) is 0 Å². The molecule has 30 heavy (non-hydrogen) atoms. The molecule has 0 spiro atoms. The van der Waals surface area contributed by atoms with Crippen LogP contribution in [-0.4, -0.2) is 24.1 Å². The summed E-state index contributed by atoms with van der Waals surface area (Å²) in [6, 6.07) is 18.9. The van der Waals surface area contributed by atoms with E-state index in [2.05, 4.69) is 34.9 Å². The smallest absolute Gasteiger partial charge is 0.267 e. The molecule has 0 unspecified atom stereocenters. The Bertz CT molecular complexity index is 1020. The molecule has 154 valence electrons. The molecule has 6 heteroatoms. The highest BCUT2D eigenvalue weighted by molar-refractivity contribution is 7.99. The van der Waals surface area contributed by atoms with Crippen LogP contribution in [0.1, 0.15) is 27.2 Å². The summed E-state index contributed by atoms with van der Waals surface area (Å²) in [6.45, 7) is 4.37. The lowest BCUT2D eigenvalue weighted by Gasteiger charge is -2.12. The van der Waals surface area contributed by atoms with Crippen LogP contribution in [0.4, 0.5) is 0 Å². The van der Waals surface area contributed by atoms with Gasteiger partial charge in [0.15, 0.2) is 0 Å². The van der Waals surface area contributed by atoms with Gasteiger partial charge in [-0.2, -0.15) is 0 Å². The minimum absolute atomic E-state index is 0.138. The lowest BCUT2D eigenvalue weighted by molar-refractivity contribution is -0.117. The molecule has 0 aliphatic carbocycles. The van der Waals surface area contributed by atoms with Crippen LogP contribution in [0, 0.1) is 13.8 Å². The number of carbonyl (C=O) groups excluding carboxylic acids is 2. The van der Waals surface area contributed by atoms with Crippen molar-refractivity contribution in [3.05, 3.63) is 95.1 Å². The number of nitrogens with one attached hydrogen (secondary N) is 2. The molecular weight excluding hydrogens is 396 g/mol. The summed E-state index contributed by atoms with van der Waals surface area (Å²) in [5.74, 6) is 0.501. The van der Waals surface area contributed by atoms with E-state index in [-0.39, 0.29) is 17.5 Å². The molecule has 0 fully saturated rings. The quantitative estimate of drug-likeness (QED) is 0.318. The van der Waals surface area contributed by atoms with Crippen LogP contribution in [0.2, 0.25) is 0 Å². The Kier molecular flexibility index (Phi) is 7.51. The molecule has 1 heterocycles. The maximum absolute atomic E-state index is 12.7. The fourth-order valence-electron chi connectivity index (χ4n) is 2.75. The number of furan rings is 1. The van der Waals surface area contributed by atoms with Crippen LogP contribution in [0.25, 0.3) is 6.08 Å². The second-order valence-corrected chi connectivity index (χ2v) is 7.93. The Labute approximate surface area is 180 Å². The fourth-order valence-corrected chi connectivity index (χ4v) is 3.52. The van der Waals surface area contributed by atoms with Crippen molar-refractivity contribution in [1.82, 2.24) is 10.6 Å². The van der Waals surface area contributed by atoms with E-state index in [1.165, 1.54) is 17.9 Å². The highest BCUT2D eigenvalue weighted by Crippen LogP contribution is 2.17. The van der Waals surface area contributed by atoms with Gasteiger partial charge in [0.1, 0.15) is 11.5 Å². The van der Waals surface area contributed by atoms with E-state index >= 15 is 0 Å². The molecule has 1 aromatic heterocycles. The van der Waals surface area contributed by atoms with Crippen molar-refractivity contribution < 1.29 is 14.0 Å². The Balaban J connectivity index is 1.63. The van der Waals surface area contributed by atoms with Gasteiger partial charge in [-0.1, -0.05) is 35.9 Å². The summed E-state index contributed by atoms with van der Waals surface area (Å²) in [5.41, 5.74) is 2.70. The molecule has 2 aromatic carbocycles. The van der Waals surface area contributed by atoms with Crippen molar-refractivity contribution in [2.75, 3.05) is 12.3 Å². The average molecular weight is 421 g/mol. The van der Waals surface area contributed by atoms with Crippen LogP contribution in [0.3, 0.4) is 0 Å². The minimum atomic E-state index is -0.363. The molecule has 2 amide bonds. The number of amides is 2. The minimum Gasteiger partial charge on any atom is -0.465 e. The molecule has 0 atom stereocenters. The number of hydrogen-bond donors (Lipinski definition) is 2. The van der Waals surface area contributed by atoms with Gasteiger partial charge in [-0.05, 0) is 49.7 Å². The molecule has 0 saturated carbocycles. The summed E-state index contributed by atoms with van der Waals surface area (Å²) >= 11 is 1.66. The highest BCUT2D eigenvalue weighted by atomic mass is 32.2. The van der Waals surface area contributed by atoms with E-state index in [0.29, 0.717) is 23.6 Å². The summed E-state index contributed by atoms with van der Waals surface area (Å²) < 4.78 is 5.31. The van der Waals surface area contributed by atoms with Crippen molar-refractivity contribution in [3.8, 4) is 0 Å². The van der Waals surface area contributed by atoms with Gasteiger partial charge in [0.25, 0.3) is 11.8 Å².